The first-order valence-electron chi connectivity index (χ1n) is 12.0. The highest BCUT2D eigenvalue weighted by Crippen LogP contribution is 2.44. The van der Waals surface area contributed by atoms with E-state index in [2.05, 4.69) is 31.7 Å². The number of aromatic nitrogens is 2. The smallest absolute Gasteiger partial charge is 0.363 e. The van der Waals surface area contributed by atoms with Gasteiger partial charge in [0, 0.05) is 38.5 Å². The Morgan fingerprint density at radius 3 is 2.48 bits per heavy atom. The molecule has 40 heavy (non-hydrogen) atoms. The first-order valence-corrected chi connectivity index (χ1v) is 13.6. The maximum Gasteiger partial charge on any atom is 0.410 e. The van der Waals surface area contributed by atoms with Crippen molar-refractivity contribution in [3.05, 3.63) is 104 Å². The molecule has 8 nitrogen and oxygen atoms in total. The van der Waals surface area contributed by atoms with Gasteiger partial charge in [0.2, 0.25) is 0 Å². The molecule has 2 atom stereocenters. The molecule has 3 aromatic carbocycles. The minimum Gasteiger partial charge on any atom is -0.363 e. The van der Waals surface area contributed by atoms with Crippen molar-refractivity contribution in [1.29, 1.82) is 0 Å². The van der Waals surface area contributed by atoms with Crippen LogP contribution in [0.2, 0.25) is 0 Å². The van der Waals surface area contributed by atoms with E-state index in [-0.39, 0.29) is 29.2 Å². The molecule has 1 amide bonds. The molecule has 0 saturated heterocycles. The van der Waals surface area contributed by atoms with Gasteiger partial charge in [-0.1, -0.05) is 57.5 Å². The quantitative estimate of drug-likeness (QED) is 0.165. The second kappa shape index (κ2) is 11.0. The van der Waals surface area contributed by atoms with Gasteiger partial charge in [0.05, 0.1) is 17.2 Å². The van der Waals surface area contributed by atoms with Crippen molar-refractivity contribution in [2.75, 3.05) is 10.6 Å². The molecule has 0 unspecified atom stereocenters. The zero-order valence-corrected chi connectivity index (χ0v) is 23.2. The van der Waals surface area contributed by atoms with E-state index in [1.165, 1.54) is 23.9 Å². The van der Waals surface area contributed by atoms with Crippen molar-refractivity contribution in [3.8, 4) is 0 Å². The number of alkyl halides is 3. The lowest BCUT2D eigenvalue weighted by molar-refractivity contribution is -0.385. The van der Waals surface area contributed by atoms with Crippen LogP contribution in [0.1, 0.15) is 40.0 Å². The highest BCUT2D eigenvalue weighted by atomic mass is 79.9. The molecule has 1 aliphatic rings. The van der Waals surface area contributed by atoms with Crippen LogP contribution in [0.5, 0.6) is 0 Å². The zero-order chi connectivity index (χ0) is 28.6. The Morgan fingerprint density at radius 1 is 1.12 bits per heavy atom. The van der Waals surface area contributed by atoms with E-state index < -0.39 is 29.1 Å². The lowest BCUT2D eigenvalue weighted by atomic mass is 9.96. The number of fused-ring (bicyclic) bond motifs is 1. The molecule has 5 rings (SSSR count). The summed E-state index contributed by atoms with van der Waals surface area (Å²) >= 11 is 4.62. The molecule has 0 fully saturated rings. The van der Waals surface area contributed by atoms with Gasteiger partial charge in [0.25, 0.3) is 11.6 Å². The Hall–Kier alpha value is -3.84. The number of amides is 1. The molecule has 0 aliphatic carbocycles. The number of nitrogens with one attached hydrogen (secondary N) is 2. The summed E-state index contributed by atoms with van der Waals surface area (Å²) in [5.74, 6) is -0.828. The third-order valence-electron chi connectivity index (χ3n) is 6.37. The molecule has 2 heterocycles. The molecule has 0 bridgehead atoms. The normalized spacial score (nSPS) is 16.6. The minimum atomic E-state index is -4.60. The molecular formula is C27H21BrF3N5O3S. The monoisotopic (exact) mass is 631 g/mol. The molecule has 13 heteroatoms. The number of rotatable bonds is 6. The van der Waals surface area contributed by atoms with E-state index in [9.17, 15) is 28.1 Å². The van der Waals surface area contributed by atoms with Crippen LogP contribution < -0.4 is 10.6 Å². The number of benzene rings is 3. The molecule has 206 valence electrons. The van der Waals surface area contributed by atoms with Crippen molar-refractivity contribution in [3.63, 3.8) is 0 Å². The first kappa shape index (κ1) is 27.7. The number of aryl methyl sites for hydroxylation is 1. The van der Waals surface area contributed by atoms with Crippen LogP contribution >= 0.6 is 27.7 Å². The Labute approximate surface area is 239 Å². The molecule has 0 saturated carbocycles. The highest BCUT2D eigenvalue weighted by molar-refractivity contribution is 9.10. The maximum absolute atomic E-state index is 14.0. The number of carbonyl (C=O) groups excluding carboxylic acids is 1. The van der Waals surface area contributed by atoms with E-state index in [1.54, 1.807) is 18.2 Å². The molecule has 0 spiro atoms. The average molecular weight is 632 g/mol. The van der Waals surface area contributed by atoms with Gasteiger partial charge in [-0.3, -0.25) is 14.9 Å². The zero-order valence-electron chi connectivity index (χ0n) is 20.8. The van der Waals surface area contributed by atoms with Crippen LogP contribution in [0.4, 0.5) is 30.4 Å². The standard InChI is InChI=1S/C27H21BrF3N5O3S/c1-15-2-4-16(5-3-15)23-13-24(27(29,30)31)35-25(34-23)22(14-32-35)26(37)33-18-10-19(36(38)39)12-21(11-18)40-20-8-6-17(28)7-9-20/h2-12,14,23-24,34H,13H2,1H3,(H,33,37)/t23-,24-/m0/s1. The number of anilines is 2. The van der Waals surface area contributed by atoms with Crippen molar-refractivity contribution >= 4 is 50.8 Å². The number of nitrogens with zero attached hydrogens (tertiary/aromatic N) is 3. The fourth-order valence-corrected chi connectivity index (χ4v) is 5.58. The second-order valence-electron chi connectivity index (χ2n) is 9.23. The predicted molar refractivity (Wildman–Crippen MR) is 149 cm³/mol. The summed E-state index contributed by atoms with van der Waals surface area (Å²) in [6, 6.07) is 15.9. The Morgan fingerprint density at radius 2 is 1.82 bits per heavy atom. The summed E-state index contributed by atoms with van der Waals surface area (Å²) < 4.78 is 43.8. The SMILES string of the molecule is Cc1ccc([C@@H]2C[C@@H](C(F)(F)F)n3ncc(C(=O)Nc4cc(Sc5ccc(Br)cc5)cc([N+](=O)[O-])c4)c3N2)cc1. The number of carbonyl (C=O) groups is 1. The topological polar surface area (TPSA) is 102 Å². The molecule has 2 N–H and O–H groups in total. The van der Waals surface area contributed by atoms with Crippen LogP contribution in [0.3, 0.4) is 0 Å². The van der Waals surface area contributed by atoms with Gasteiger partial charge >= 0.3 is 6.18 Å². The molecule has 0 radical (unpaired) electrons. The van der Waals surface area contributed by atoms with E-state index in [0.29, 0.717) is 10.5 Å². The van der Waals surface area contributed by atoms with Crippen molar-refractivity contribution in [1.82, 2.24) is 9.78 Å². The maximum atomic E-state index is 14.0. The summed E-state index contributed by atoms with van der Waals surface area (Å²) in [5.41, 5.74) is 1.37. The lowest BCUT2D eigenvalue weighted by Gasteiger charge is -2.34. The third kappa shape index (κ3) is 5.99. The number of nitro groups is 1. The average Bonchev–Trinajstić information content (AvgIpc) is 3.33. The van der Waals surface area contributed by atoms with Crippen molar-refractivity contribution in [2.24, 2.45) is 0 Å². The Kier molecular flexibility index (Phi) is 7.60. The number of hydrogen-bond acceptors (Lipinski definition) is 6. The van der Waals surface area contributed by atoms with Crippen LogP contribution in [-0.2, 0) is 0 Å². The van der Waals surface area contributed by atoms with E-state index >= 15 is 0 Å². The van der Waals surface area contributed by atoms with E-state index in [4.69, 9.17) is 0 Å². The van der Waals surface area contributed by atoms with Gasteiger partial charge in [0.1, 0.15) is 11.4 Å². The molecule has 4 aromatic rings. The van der Waals surface area contributed by atoms with Crippen molar-refractivity contribution in [2.45, 2.75) is 41.4 Å². The van der Waals surface area contributed by atoms with Crippen molar-refractivity contribution < 1.29 is 22.9 Å². The largest absolute Gasteiger partial charge is 0.410 e. The second-order valence-corrected chi connectivity index (χ2v) is 11.3. The van der Waals surface area contributed by atoms with Gasteiger partial charge in [-0.05, 0) is 42.8 Å². The van der Waals surface area contributed by atoms with Crippen LogP contribution in [0.15, 0.2) is 87.2 Å². The third-order valence-corrected chi connectivity index (χ3v) is 7.88. The number of non-ortho nitro benzene ring substituents is 1. The molecule has 1 aliphatic heterocycles. The highest BCUT2D eigenvalue weighted by Gasteiger charge is 2.47. The van der Waals surface area contributed by atoms with Crippen LogP contribution in [0, 0.1) is 17.0 Å². The lowest BCUT2D eigenvalue weighted by Crippen LogP contribution is -2.36. The minimum absolute atomic E-state index is 0.0773. The number of halogens is 4. The fraction of sp³-hybridized carbons (Fsp3) is 0.185. The summed E-state index contributed by atoms with van der Waals surface area (Å²) in [6.45, 7) is 1.88. The van der Waals surface area contributed by atoms with Gasteiger partial charge in [-0.2, -0.15) is 18.3 Å². The molecular weight excluding hydrogens is 611 g/mol. The molecule has 1 aromatic heterocycles. The van der Waals surface area contributed by atoms with E-state index in [1.807, 2.05) is 43.3 Å². The van der Waals surface area contributed by atoms with Gasteiger partial charge < -0.3 is 10.6 Å². The van der Waals surface area contributed by atoms with Gasteiger partial charge in [-0.15, -0.1) is 0 Å². The Balaban J connectivity index is 1.45. The van der Waals surface area contributed by atoms with Crippen LogP contribution in [-0.4, -0.2) is 26.8 Å². The number of hydrogen-bond donors (Lipinski definition) is 2. The van der Waals surface area contributed by atoms with E-state index in [0.717, 1.165) is 25.8 Å². The van der Waals surface area contributed by atoms with Gasteiger partial charge in [-0.25, -0.2) is 4.68 Å². The van der Waals surface area contributed by atoms with Crippen LogP contribution in [0.25, 0.3) is 0 Å². The fourth-order valence-electron chi connectivity index (χ4n) is 4.40. The van der Waals surface area contributed by atoms with Gasteiger partial charge in [0.15, 0.2) is 6.04 Å². The summed E-state index contributed by atoms with van der Waals surface area (Å²) in [7, 11) is 0. The number of nitro benzene ring substituents is 1. The Bertz CT molecular complexity index is 1580. The first-order chi connectivity index (χ1) is 19.0. The predicted octanol–water partition coefficient (Wildman–Crippen LogP) is 7.93. The summed E-state index contributed by atoms with van der Waals surface area (Å²) in [4.78, 5) is 25.6. The summed E-state index contributed by atoms with van der Waals surface area (Å²) in [6.07, 6.45) is -3.83. The summed E-state index contributed by atoms with van der Waals surface area (Å²) in [5, 5.41) is 21.1.